The van der Waals surface area contributed by atoms with Gasteiger partial charge in [-0.05, 0) is 49.7 Å². The summed E-state index contributed by atoms with van der Waals surface area (Å²) in [6.45, 7) is 2.42. The summed E-state index contributed by atoms with van der Waals surface area (Å²) in [5.74, 6) is -0.181. The highest BCUT2D eigenvalue weighted by atomic mass is 35.5. The van der Waals surface area contributed by atoms with Crippen LogP contribution in [0.1, 0.15) is 41.7 Å². The molecule has 1 unspecified atom stereocenters. The third kappa shape index (κ3) is 6.57. The van der Waals surface area contributed by atoms with E-state index in [-0.39, 0.29) is 30.3 Å². The summed E-state index contributed by atoms with van der Waals surface area (Å²) in [6, 6.07) is 16.4. The SMILES string of the molecule is CC(NC(=O)CCCN)c1cccc(NC(=O)c2ccccc2)c1.Cl. The van der Waals surface area contributed by atoms with Crippen molar-refractivity contribution in [1.82, 2.24) is 5.32 Å². The van der Waals surface area contributed by atoms with Gasteiger partial charge in [0.25, 0.3) is 5.91 Å². The van der Waals surface area contributed by atoms with Crippen LogP contribution in [-0.2, 0) is 4.79 Å². The number of benzene rings is 2. The molecule has 0 fully saturated rings. The van der Waals surface area contributed by atoms with E-state index in [1.54, 1.807) is 12.1 Å². The van der Waals surface area contributed by atoms with Crippen molar-refractivity contribution in [2.24, 2.45) is 5.73 Å². The predicted molar refractivity (Wildman–Crippen MR) is 103 cm³/mol. The lowest BCUT2D eigenvalue weighted by Gasteiger charge is -2.15. The zero-order valence-electron chi connectivity index (χ0n) is 14.2. The lowest BCUT2D eigenvalue weighted by molar-refractivity contribution is -0.121. The number of carbonyl (C=O) groups is 2. The van der Waals surface area contributed by atoms with Crippen molar-refractivity contribution in [2.75, 3.05) is 11.9 Å². The zero-order valence-corrected chi connectivity index (χ0v) is 15.0. The molecule has 0 saturated carbocycles. The van der Waals surface area contributed by atoms with Crippen LogP contribution in [0, 0.1) is 0 Å². The fraction of sp³-hybridized carbons (Fsp3) is 0.263. The van der Waals surface area contributed by atoms with E-state index in [9.17, 15) is 9.59 Å². The van der Waals surface area contributed by atoms with Crippen LogP contribution in [-0.4, -0.2) is 18.4 Å². The quantitative estimate of drug-likeness (QED) is 0.707. The molecule has 0 aliphatic heterocycles. The van der Waals surface area contributed by atoms with Crippen molar-refractivity contribution < 1.29 is 9.59 Å². The minimum Gasteiger partial charge on any atom is -0.350 e. The van der Waals surface area contributed by atoms with Crippen LogP contribution in [0.15, 0.2) is 54.6 Å². The first-order valence-electron chi connectivity index (χ1n) is 8.06. The van der Waals surface area contributed by atoms with E-state index in [4.69, 9.17) is 5.73 Å². The highest BCUT2D eigenvalue weighted by Crippen LogP contribution is 2.18. The summed E-state index contributed by atoms with van der Waals surface area (Å²) in [6.07, 6.45) is 1.09. The van der Waals surface area contributed by atoms with E-state index in [1.165, 1.54) is 0 Å². The fourth-order valence-corrected chi connectivity index (χ4v) is 2.34. The molecule has 0 saturated heterocycles. The average molecular weight is 362 g/mol. The molecular weight excluding hydrogens is 338 g/mol. The number of rotatable bonds is 7. The van der Waals surface area contributed by atoms with Gasteiger partial charge in [-0.2, -0.15) is 0 Å². The Kier molecular flexibility index (Phi) is 8.67. The van der Waals surface area contributed by atoms with E-state index >= 15 is 0 Å². The zero-order chi connectivity index (χ0) is 17.4. The molecule has 2 aromatic carbocycles. The molecule has 0 aliphatic rings. The smallest absolute Gasteiger partial charge is 0.255 e. The third-order valence-electron chi connectivity index (χ3n) is 3.67. The molecule has 6 heteroatoms. The molecule has 0 bridgehead atoms. The van der Waals surface area contributed by atoms with Gasteiger partial charge < -0.3 is 16.4 Å². The van der Waals surface area contributed by atoms with Crippen LogP contribution >= 0.6 is 12.4 Å². The third-order valence-corrected chi connectivity index (χ3v) is 3.67. The second kappa shape index (κ2) is 10.5. The number of hydrogen-bond donors (Lipinski definition) is 3. The highest BCUT2D eigenvalue weighted by molar-refractivity contribution is 6.04. The molecule has 0 aliphatic carbocycles. The van der Waals surface area contributed by atoms with E-state index in [1.807, 2.05) is 49.4 Å². The first-order valence-corrected chi connectivity index (χ1v) is 8.06. The van der Waals surface area contributed by atoms with Crippen LogP contribution < -0.4 is 16.4 Å². The molecule has 4 N–H and O–H groups in total. The number of nitrogens with two attached hydrogens (primary N) is 1. The monoisotopic (exact) mass is 361 g/mol. The van der Waals surface area contributed by atoms with Gasteiger partial charge in [-0.1, -0.05) is 30.3 Å². The fourth-order valence-electron chi connectivity index (χ4n) is 2.34. The lowest BCUT2D eigenvalue weighted by atomic mass is 10.1. The van der Waals surface area contributed by atoms with Gasteiger partial charge in [0, 0.05) is 17.7 Å². The topological polar surface area (TPSA) is 84.2 Å². The number of anilines is 1. The maximum atomic E-state index is 12.2. The van der Waals surface area contributed by atoms with Gasteiger partial charge in [0.1, 0.15) is 0 Å². The molecular formula is C19H24ClN3O2. The van der Waals surface area contributed by atoms with E-state index in [0.717, 1.165) is 5.56 Å². The van der Waals surface area contributed by atoms with Gasteiger partial charge >= 0.3 is 0 Å². The van der Waals surface area contributed by atoms with Gasteiger partial charge in [0.15, 0.2) is 0 Å². The largest absolute Gasteiger partial charge is 0.350 e. The normalized spacial score (nSPS) is 11.1. The van der Waals surface area contributed by atoms with Crippen molar-refractivity contribution in [3.8, 4) is 0 Å². The van der Waals surface area contributed by atoms with Crippen molar-refractivity contribution >= 4 is 29.9 Å². The molecule has 1 atom stereocenters. The first kappa shape index (κ1) is 20.7. The number of halogens is 1. The summed E-state index contributed by atoms with van der Waals surface area (Å²) in [5.41, 5.74) is 7.65. The van der Waals surface area contributed by atoms with Crippen LogP contribution in [0.3, 0.4) is 0 Å². The molecule has 0 heterocycles. The molecule has 25 heavy (non-hydrogen) atoms. The Labute approximate surface area is 154 Å². The van der Waals surface area contributed by atoms with Crippen molar-refractivity contribution in [2.45, 2.75) is 25.8 Å². The molecule has 0 radical (unpaired) electrons. The Morgan fingerprint density at radius 3 is 2.48 bits per heavy atom. The van der Waals surface area contributed by atoms with Crippen LogP contribution in [0.4, 0.5) is 5.69 Å². The summed E-state index contributed by atoms with van der Waals surface area (Å²) >= 11 is 0. The first-order chi connectivity index (χ1) is 11.6. The molecule has 2 rings (SSSR count). The number of hydrogen-bond acceptors (Lipinski definition) is 3. The number of nitrogens with one attached hydrogen (secondary N) is 2. The molecule has 2 aromatic rings. The molecule has 134 valence electrons. The van der Waals surface area contributed by atoms with Crippen LogP contribution in [0.5, 0.6) is 0 Å². The Hall–Kier alpha value is -2.37. The Morgan fingerprint density at radius 2 is 1.80 bits per heavy atom. The molecule has 5 nitrogen and oxygen atoms in total. The maximum absolute atomic E-state index is 12.2. The van der Waals surface area contributed by atoms with Gasteiger partial charge in [-0.25, -0.2) is 0 Å². The predicted octanol–water partition coefficient (Wildman–Crippen LogP) is 3.28. The second-order valence-corrected chi connectivity index (χ2v) is 5.63. The number of carbonyl (C=O) groups excluding carboxylic acids is 2. The molecule has 0 spiro atoms. The maximum Gasteiger partial charge on any atom is 0.255 e. The van der Waals surface area contributed by atoms with Crippen molar-refractivity contribution in [3.05, 3.63) is 65.7 Å². The van der Waals surface area contributed by atoms with Gasteiger partial charge in [0.2, 0.25) is 5.91 Å². The summed E-state index contributed by atoms with van der Waals surface area (Å²) in [5, 5.41) is 5.81. The minimum atomic E-state index is -0.160. The van der Waals surface area contributed by atoms with Crippen molar-refractivity contribution in [3.63, 3.8) is 0 Å². The highest BCUT2D eigenvalue weighted by Gasteiger charge is 2.11. The average Bonchev–Trinajstić information content (AvgIpc) is 2.61. The van der Waals surface area contributed by atoms with E-state index in [2.05, 4.69) is 10.6 Å². The second-order valence-electron chi connectivity index (χ2n) is 5.63. The summed E-state index contributed by atoms with van der Waals surface area (Å²) in [7, 11) is 0. The Morgan fingerprint density at radius 1 is 1.08 bits per heavy atom. The van der Waals surface area contributed by atoms with Gasteiger partial charge in [-0.15, -0.1) is 12.4 Å². The molecule has 2 amide bonds. The van der Waals surface area contributed by atoms with E-state index < -0.39 is 0 Å². The van der Waals surface area contributed by atoms with Crippen molar-refractivity contribution in [1.29, 1.82) is 0 Å². The Bertz CT molecular complexity index is 692. The van der Waals surface area contributed by atoms with Gasteiger partial charge in [-0.3, -0.25) is 9.59 Å². The summed E-state index contributed by atoms with van der Waals surface area (Å²) in [4.78, 5) is 24.0. The van der Waals surface area contributed by atoms with Gasteiger partial charge in [0.05, 0.1) is 6.04 Å². The van der Waals surface area contributed by atoms with Crippen LogP contribution in [0.25, 0.3) is 0 Å². The Balaban J connectivity index is 0.00000312. The lowest BCUT2D eigenvalue weighted by Crippen LogP contribution is -2.27. The van der Waals surface area contributed by atoms with E-state index in [0.29, 0.717) is 30.6 Å². The van der Waals surface area contributed by atoms with Crippen LogP contribution in [0.2, 0.25) is 0 Å². The minimum absolute atomic E-state index is 0. The summed E-state index contributed by atoms with van der Waals surface area (Å²) < 4.78 is 0. The standard InChI is InChI=1S/C19H23N3O2.ClH/c1-14(21-18(23)11-6-12-20)16-9-5-10-17(13-16)22-19(24)15-7-3-2-4-8-15;/h2-5,7-10,13-14H,6,11-12,20H2,1H3,(H,21,23)(H,22,24);1H. The molecule has 0 aromatic heterocycles. The number of amides is 2.